The molecule has 1 nitrogen and oxygen atoms in total. The largest absolute Gasteiger partial charge is 0.316 e. The van der Waals surface area contributed by atoms with E-state index in [0.717, 1.165) is 11.8 Å². The number of fused-ring (bicyclic) bond motifs is 1. The Labute approximate surface area is 111 Å². The van der Waals surface area contributed by atoms with Gasteiger partial charge in [0.2, 0.25) is 0 Å². The predicted molar refractivity (Wildman–Crippen MR) is 76.7 cm³/mol. The third-order valence-corrected chi connectivity index (χ3v) is 5.31. The first-order valence-electron chi connectivity index (χ1n) is 7.49. The molecule has 1 aromatic rings. The van der Waals surface area contributed by atoms with Crippen LogP contribution in [0.4, 0.5) is 0 Å². The highest BCUT2D eigenvalue weighted by molar-refractivity contribution is 5.31. The van der Waals surface area contributed by atoms with Crippen LogP contribution >= 0.6 is 0 Å². The molecular weight excluding hydrogens is 218 g/mol. The minimum atomic E-state index is 0.577. The van der Waals surface area contributed by atoms with Gasteiger partial charge in [0.15, 0.2) is 0 Å². The molecule has 18 heavy (non-hydrogen) atoms. The molecule has 0 saturated carbocycles. The maximum atomic E-state index is 3.61. The number of rotatable bonds is 1. The highest BCUT2D eigenvalue weighted by Gasteiger charge is 2.43. The number of nitrogens with one attached hydrogen (secondary N) is 1. The molecule has 1 aliphatic heterocycles. The van der Waals surface area contributed by atoms with Gasteiger partial charge < -0.3 is 5.32 Å². The molecule has 98 valence electrons. The first-order chi connectivity index (χ1) is 8.71. The molecule has 2 aliphatic rings. The molecule has 1 N–H and O–H groups in total. The van der Waals surface area contributed by atoms with Crippen molar-refractivity contribution in [1.82, 2.24) is 5.32 Å². The van der Waals surface area contributed by atoms with Crippen LogP contribution in [0.5, 0.6) is 0 Å². The molecule has 1 heterocycles. The lowest BCUT2D eigenvalue weighted by Crippen LogP contribution is -2.50. The topological polar surface area (TPSA) is 12.0 Å². The number of hydrogen-bond acceptors (Lipinski definition) is 1. The molecule has 0 amide bonds. The van der Waals surface area contributed by atoms with Crippen LogP contribution in [0.3, 0.4) is 0 Å². The zero-order valence-electron chi connectivity index (χ0n) is 11.7. The van der Waals surface area contributed by atoms with E-state index in [1.807, 2.05) is 0 Å². The minimum Gasteiger partial charge on any atom is -0.316 e. The van der Waals surface area contributed by atoms with Crippen LogP contribution in [0.2, 0.25) is 0 Å². The summed E-state index contributed by atoms with van der Waals surface area (Å²) < 4.78 is 0. The van der Waals surface area contributed by atoms with Gasteiger partial charge in [0.1, 0.15) is 0 Å². The molecule has 2 atom stereocenters. The van der Waals surface area contributed by atoms with E-state index >= 15 is 0 Å². The van der Waals surface area contributed by atoms with Crippen LogP contribution in [0.15, 0.2) is 24.3 Å². The molecule has 1 spiro atoms. The van der Waals surface area contributed by atoms with Gasteiger partial charge >= 0.3 is 0 Å². The van der Waals surface area contributed by atoms with E-state index in [0.29, 0.717) is 5.41 Å². The van der Waals surface area contributed by atoms with Crippen molar-refractivity contribution in [3.63, 3.8) is 0 Å². The van der Waals surface area contributed by atoms with E-state index in [1.165, 1.54) is 38.8 Å². The Balaban J connectivity index is 1.91. The number of aryl methyl sites for hydroxylation is 1. The summed E-state index contributed by atoms with van der Waals surface area (Å²) in [6.45, 7) is 7.24. The van der Waals surface area contributed by atoms with E-state index in [-0.39, 0.29) is 0 Å². The first kappa shape index (κ1) is 12.2. The van der Waals surface area contributed by atoms with Gasteiger partial charge in [0.05, 0.1) is 0 Å². The molecule has 1 fully saturated rings. The maximum absolute atomic E-state index is 3.61. The molecule has 1 saturated heterocycles. The Morgan fingerprint density at radius 2 is 1.94 bits per heavy atom. The molecule has 3 rings (SSSR count). The number of benzene rings is 1. The summed E-state index contributed by atoms with van der Waals surface area (Å²) in [6.07, 6.45) is 5.37. The molecule has 1 heteroatoms. The third-order valence-electron chi connectivity index (χ3n) is 5.31. The van der Waals surface area contributed by atoms with Crippen molar-refractivity contribution in [2.75, 3.05) is 13.1 Å². The maximum Gasteiger partial charge on any atom is -0.00126 e. The van der Waals surface area contributed by atoms with Gasteiger partial charge in [0, 0.05) is 0 Å². The van der Waals surface area contributed by atoms with Gasteiger partial charge in [-0.1, -0.05) is 38.1 Å². The van der Waals surface area contributed by atoms with Crippen molar-refractivity contribution in [1.29, 1.82) is 0 Å². The van der Waals surface area contributed by atoms with Crippen LogP contribution < -0.4 is 5.32 Å². The fourth-order valence-electron chi connectivity index (χ4n) is 4.29. The monoisotopic (exact) mass is 243 g/mol. The van der Waals surface area contributed by atoms with Gasteiger partial charge in [-0.05, 0) is 67.2 Å². The van der Waals surface area contributed by atoms with E-state index in [4.69, 9.17) is 0 Å². The van der Waals surface area contributed by atoms with Gasteiger partial charge in [-0.15, -0.1) is 0 Å². The van der Waals surface area contributed by atoms with Crippen molar-refractivity contribution in [2.24, 2.45) is 17.3 Å². The van der Waals surface area contributed by atoms with E-state index in [1.54, 1.807) is 11.1 Å². The second kappa shape index (κ2) is 4.70. The lowest BCUT2D eigenvalue weighted by molar-refractivity contribution is 0.0551. The average molecular weight is 243 g/mol. The zero-order valence-corrected chi connectivity index (χ0v) is 11.7. The van der Waals surface area contributed by atoms with Gasteiger partial charge in [-0.2, -0.15) is 0 Å². The average Bonchev–Trinajstić information content (AvgIpc) is 2.39. The smallest absolute Gasteiger partial charge is 0.00126 e. The zero-order chi connectivity index (χ0) is 12.6. The van der Waals surface area contributed by atoms with Crippen molar-refractivity contribution >= 4 is 0 Å². The second-order valence-corrected chi connectivity index (χ2v) is 6.61. The van der Waals surface area contributed by atoms with E-state index in [9.17, 15) is 0 Å². The van der Waals surface area contributed by atoms with Crippen LogP contribution in [0.1, 0.15) is 37.8 Å². The molecule has 1 aliphatic carbocycles. The quantitative estimate of drug-likeness (QED) is 0.797. The molecule has 0 radical (unpaired) electrons. The van der Waals surface area contributed by atoms with Crippen molar-refractivity contribution in [3.05, 3.63) is 35.4 Å². The molecule has 2 unspecified atom stereocenters. The Hall–Kier alpha value is -0.820. The van der Waals surface area contributed by atoms with Gasteiger partial charge in [-0.3, -0.25) is 0 Å². The molecule has 0 bridgehead atoms. The molecular formula is C17H25N. The fraction of sp³-hybridized carbons (Fsp3) is 0.647. The summed E-state index contributed by atoms with van der Waals surface area (Å²) >= 11 is 0. The van der Waals surface area contributed by atoms with Gasteiger partial charge in [0.25, 0.3) is 0 Å². The standard InChI is InChI=1S/C17H25N/c1-13(2)16-12-18-10-9-17(16)8-7-14-5-3-4-6-15(14)11-17/h3-6,13,16,18H,7-12H2,1-2H3. The van der Waals surface area contributed by atoms with Crippen molar-refractivity contribution < 1.29 is 0 Å². The SMILES string of the molecule is CC(C)C1CNCCC12CCc1ccccc1C2. The highest BCUT2D eigenvalue weighted by Crippen LogP contribution is 2.47. The highest BCUT2D eigenvalue weighted by atomic mass is 14.9. The Morgan fingerprint density at radius 1 is 1.17 bits per heavy atom. The Kier molecular flexibility index (Phi) is 3.19. The lowest BCUT2D eigenvalue weighted by atomic mass is 9.58. The normalized spacial score (nSPS) is 31.6. The summed E-state index contributed by atoms with van der Waals surface area (Å²) in [5.41, 5.74) is 3.80. The van der Waals surface area contributed by atoms with Gasteiger partial charge in [-0.25, -0.2) is 0 Å². The van der Waals surface area contributed by atoms with Crippen LogP contribution in [0.25, 0.3) is 0 Å². The summed E-state index contributed by atoms with van der Waals surface area (Å²) in [5, 5.41) is 3.61. The van der Waals surface area contributed by atoms with E-state index < -0.39 is 0 Å². The van der Waals surface area contributed by atoms with E-state index in [2.05, 4.69) is 43.4 Å². The number of hydrogen-bond donors (Lipinski definition) is 1. The molecule has 1 aromatic carbocycles. The summed E-state index contributed by atoms with van der Waals surface area (Å²) in [5.74, 6) is 1.64. The predicted octanol–water partition coefficient (Wildman–Crippen LogP) is 3.43. The summed E-state index contributed by atoms with van der Waals surface area (Å²) in [6, 6.07) is 9.09. The Morgan fingerprint density at radius 3 is 2.72 bits per heavy atom. The Bertz CT molecular complexity index is 423. The molecule has 0 aromatic heterocycles. The fourth-order valence-corrected chi connectivity index (χ4v) is 4.29. The summed E-state index contributed by atoms with van der Waals surface area (Å²) in [7, 11) is 0. The summed E-state index contributed by atoms with van der Waals surface area (Å²) in [4.78, 5) is 0. The van der Waals surface area contributed by atoms with Crippen LogP contribution in [-0.4, -0.2) is 13.1 Å². The number of piperidine rings is 1. The first-order valence-corrected chi connectivity index (χ1v) is 7.49. The van der Waals surface area contributed by atoms with Crippen LogP contribution in [-0.2, 0) is 12.8 Å². The van der Waals surface area contributed by atoms with Crippen LogP contribution in [0, 0.1) is 17.3 Å². The lowest BCUT2D eigenvalue weighted by Gasteiger charge is -2.49. The minimum absolute atomic E-state index is 0.577. The second-order valence-electron chi connectivity index (χ2n) is 6.61. The van der Waals surface area contributed by atoms with Crippen molar-refractivity contribution in [3.8, 4) is 0 Å². The third kappa shape index (κ3) is 1.99. The van der Waals surface area contributed by atoms with Crippen molar-refractivity contribution in [2.45, 2.75) is 39.5 Å².